The van der Waals surface area contributed by atoms with E-state index in [2.05, 4.69) is 21.1 Å². The van der Waals surface area contributed by atoms with Crippen LogP contribution in [0.25, 0.3) is 0 Å². The summed E-state index contributed by atoms with van der Waals surface area (Å²) in [6, 6.07) is 7.81. The average Bonchev–Trinajstić information content (AvgIpc) is 2.50. The molecule has 0 amide bonds. The summed E-state index contributed by atoms with van der Waals surface area (Å²) in [5.41, 5.74) is 1.57. The Balaban J connectivity index is 0.00000211. The quantitative estimate of drug-likeness (QED) is 0.260. The van der Waals surface area contributed by atoms with Crippen LogP contribution in [0.4, 0.5) is 0 Å². The number of benzene rings is 1. The Labute approximate surface area is 148 Å². The van der Waals surface area contributed by atoms with E-state index in [4.69, 9.17) is 21.2 Å². The van der Waals surface area contributed by atoms with Crippen LogP contribution in [-0.2, 0) is 4.84 Å². The highest BCUT2D eigenvalue weighted by molar-refractivity contribution is 9.09. The van der Waals surface area contributed by atoms with E-state index in [1.165, 1.54) is 0 Å². The largest absolute Gasteiger partial charge is 0.494 e. The molecule has 3 nitrogen and oxygen atoms in total. The Morgan fingerprint density at radius 3 is 2.23 bits per heavy atom. The molecule has 0 aliphatic heterocycles. The van der Waals surface area contributed by atoms with Crippen LogP contribution in [0.15, 0.2) is 29.4 Å². The SMILES string of the molecule is CC.CC(C)(C)O/N=C(\CBr)c1ccc(OCCCCl)cc1. The highest BCUT2D eigenvalue weighted by Crippen LogP contribution is 2.15. The molecule has 0 N–H and O–H groups in total. The molecule has 0 radical (unpaired) electrons. The van der Waals surface area contributed by atoms with Crippen LogP contribution in [-0.4, -0.2) is 29.1 Å². The van der Waals surface area contributed by atoms with Gasteiger partial charge in [-0.15, -0.1) is 11.6 Å². The van der Waals surface area contributed by atoms with Crippen molar-refractivity contribution in [2.75, 3.05) is 17.8 Å². The third-order valence-corrected chi connectivity index (χ3v) is 3.09. The van der Waals surface area contributed by atoms with Gasteiger partial charge in [0.15, 0.2) is 0 Å². The van der Waals surface area contributed by atoms with Gasteiger partial charge in [0.25, 0.3) is 0 Å². The van der Waals surface area contributed by atoms with Gasteiger partial charge in [0, 0.05) is 16.8 Å². The van der Waals surface area contributed by atoms with Crippen molar-refractivity contribution >= 4 is 33.2 Å². The Bertz CT molecular complexity index is 427. The highest BCUT2D eigenvalue weighted by Gasteiger charge is 2.12. The number of halogens is 2. The lowest BCUT2D eigenvalue weighted by Crippen LogP contribution is -2.17. The molecule has 5 heteroatoms. The van der Waals surface area contributed by atoms with E-state index in [9.17, 15) is 0 Å². The first kappa shape index (κ1) is 21.3. The van der Waals surface area contributed by atoms with Gasteiger partial charge in [-0.1, -0.05) is 34.9 Å². The Hall–Kier alpha value is -0.740. The molecule has 0 heterocycles. The minimum absolute atomic E-state index is 0.294. The van der Waals surface area contributed by atoms with E-state index in [-0.39, 0.29) is 5.60 Å². The second-order valence-corrected chi connectivity index (χ2v) is 6.23. The van der Waals surface area contributed by atoms with Crippen molar-refractivity contribution in [1.29, 1.82) is 0 Å². The summed E-state index contributed by atoms with van der Waals surface area (Å²) in [6.45, 7) is 10.5. The second kappa shape index (κ2) is 11.8. The fraction of sp³-hybridized carbons (Fsp3) is 0.588. The van der Waals surface area contributed by atoms with Crippen molar-refractivity contribution in [3.8, 4) is 5.75 Å². The molecule has 0 unspecified atom stereocenters. The van der Waals surface area contributed by atoms with Crippen molar-refractivity contribution in [1.82, 2.24) is 0 Å². The van der Waals surface area contributed by atoms with Gasteiger partial charge in [-0.3, -0.25) is 0 Å². The minimum Gasteiger partial charge on any atom is -0.494 e. The molecule has 0 atom stereocenters. The van der Waals surface area contributed by atoms with Gasteiger partial charge in [0.1, 0.15) is 11.4 Å². The van der Waals surface area contributed by atoms with Gasteiger partial charge in [0.05, 0.1) is 12.3 Å². The summed E-state index contributed by atoms with van der Waals surface area (Å²) in [5.74, 6) is 1.45. The smallest absolute Gasteiger partial charge is 0.129 e. The van der Waals surface area contributed by atoms with Crippen molar-refractivity contribution in [3.63, 3.8) is 0 Å². The maximum absolute atomic E-state index is 5.61. The van der Waals surface area contributed by atoms with Gasteiger partial charge in [-0.25, -0.2) is 0 Å². The molecule has 1 rings (SSSR count). The zero-order valence-electron chi connectivity index (χ0n) is 14.2. The third kappa shape index (κ3) is 9.31. The van der Waals surface area contributed by atoms with Crippen LogP contribution in [0, 0.1) is 0 Å². The average molecular weight is 393 g/mol. The topological polar surface area (TPSA) is 30.8 Å². The standard InChI is InChI=1S/C15H21BrClNO2.C2H6/c1-15(2,3)20-18-14(11-16)12-5-7-13(8-6-12)19-10-4-9-17;1-2/h5-8H,4,9-11H2,1-3H3;1-2H3/b18-14+;. The fourth-order valence-corrected chi connectivity index (χ4v) is 1.87. The summed E-state index contributed by atoms with van der Waals surface area (Å²) in [6.07, 6.45) is 0.844. The minimum atomic E-state index is -0.294. The molecule has 22 heavy (non-hydrogen) atoms. The lowest BCUT2D eigenvalue weighted by atomic mass is 10.1. The van der Waals surface area contributed by atoms with Crippen molar-refractivity contribution in [3.05, 3.63) is 29.8 Å². The van der Waals surface area contributed by atoms with Crippen molar-refractivity contribution in [2.45, 2.75) is 46.6 Å². The van der Waals surface area contributed by atoms with E-state index in [0.29, 0.717) is 17.8 Å². The number of ether oxygens (including phenoxy) is 1. The second-order valence-electron chi connectivity index (χ2n) is 5.29. The van der Waals surface area contributed by atoms with Crippen molar-refractivity contribution in [2.24, 2.45) is 5.16 Å². The van der Waals surface area contributed by atoms with E-state index in [1.54, 1.807) is 0 Å². The summed E-state index contributed by atoms with van der Waals surface area (Å²) < 4.78 is 5.56. The molecular formula is C17H27BrClNO2. The molecule has 1 aromatic carbocycles. The van der Waals surface area contributed by atoms with Crippen LogP contribution in [0.2, 0.25) is 0 Å². The third-order valence-electron chi connectivity index (χ3n) is 2.29. The van der Waals surface area contributed by atoms with Crippen LogP contribution in [0.3, 0.4) is 0 Å². The Kier molecular flexibility index (Phi) is 11.4. The van der Waals surface area contributed by atoms with Gasteiger partial charge >= 0.3 is 0 Å². The summed E-state index contributed by atoms with van der Waals surface area (Å²) in [7, 11) is 0. The molecule has 0 aliphatic carbocycles. The highest BCUT2D eigenvalue weighted by atomic mass is 79.9. The number of oxime groups is 1. The van der Waals surface area contributed by atoms with Gasteiger partial charge in [-0.05, 0) is 51.5 Å². The molecule has 0 bridgehead atoms. The zero-order chi connectivity index (χ0) is 17.0. The summed E-state index contributed by atoms with van der Waals surface area (Å²) >= 11 is 9.04. The molecular weight excluding hydrogens is 366 g/mol. The Morgan fingerprint density at radius 1 is 1.18 bits per heavy atom. The maximum Gasteiger partial charge on any atom is 0.129 e. The maximum atomic E-state index is 5.61. The first-order chi connectivity index (χ1) is 10.5. The molecule has 0 fully saturated rings. The normalized spacial score (nSPS) is 11.5. The number of alkyl halides is 2. The number of hydrogen-bond acceptors (Lipinski definition) is 3. The monoisotopic (exact) mass is 391 g/mol. The Morgan fingerprint density at radius 2 is 1.77 bits per heavy atom. The molecule has 0 saturated heterocycles. The predicted molar refractivity (Wildman–Crippen MR) is 99.8 cm³/mol. The number of hydrogen-bond donors (Lipinski definition) is 0. The number of nitrogens with zero attached hydrogens (tertiary/aromatic N) is 1. The van der Waals surface area contributed by atoms with E-state index < -0.39 is 0 Å². The van der Waals surface area contributed by atoms with Crippen LogP contribution in [0.5, 0.6) is 5.75 Å². The fourth-order valence-electron chi connectivity index (χ4n) is 1.33. The number of rotatable bonds is 7. The zero-order valence-corrected chi connectivity index (χ0v) is 16.5. The van der Waals surface area contributed by atoms with Gasteiger partial charge in [-0.2, -0.15) is 0 Å². The lowest BCUT2D eigenvalue weighted by molar-refractivity contribution is 0.00102. The van der Waals surface area contributed by atoms with Crippen LogP contribution >= 0.6 is 27.5 Å². The lowest BCUT2D eigenvalue weighted by Gasteiger charge is -2.16. The molecule has 0 aromatic heterocycles. The first-order valence-corrected chi connectivity index (χ1v) is 9.22. The van der Waals surface area contributed by atoms with Crippen LogP contribution in [0.1, 0.15) is 46.6 Å². The van der Waals surface area contributed by atoms with Gasteiger partial charge < -0.3 is 9.57 Å². The van der Waals surface area contributed by atoms with E-state index in [0.717, 1.165) is 23.4 Å². The van der Waals surface area contributed by atoms with Crippen LogP contribution < -0.4 is 4.74 Å². The summed E-state index contributed by atoms with van der Waals surface area (Å²) in [5, 5.41) is 4.83. The van der Waals surface area contributed by atoms with E-state index >= 15 is 0 Å². The molecule has 0 spiro atoms. The molecule has 126 valence electrons. The molecule has 0 saturated carbocycles. The first-order valence-electron chi connectivity index (χ1n) is 7.56. The molecule has 1 aromatic rings. The van der Waals surface area contributed by atoms with Gasteiger partial charge in [0.2, 0.25) is 0 Å². The van der Waals surface area contributed by atoms with Crippen molar-refractivity contribution < 1.29 is 9.57 Å². The predicted octanol–water partition coefficient (Wildman–Crippen LogP) is 5.63. The molecule has 0 aliphatic rings. The summed E-state index contributed by atoms with van der Waals surface area (Å²) in [4.78, 5) is 5.46. The van der Waals surface area contributed by atoms with E-state index in [1.807, 2.05) is 58.9 Å².